The second-order valence-corrected chi connectivity index (χ2v) is 6.72. The number of amides is 1. The highest BCUT2D eigenvalue weighted by Crippen LogP contribution is 2.15. The molecule has 0 spiro atoms. The molecule has 1 heterocycles. The van der Waals surface area contributed by atoms with Crippen LogP contribution >= 0.6 is 12.4 Å². The maximum Gasteiger partial charge on any atom is 0.317 e. The molecule has 1 saturated heterocycles. The standard InChI is InChI=1S/C18H25F2N3O3.ClH/c1-22(12-18(25)26)16-3-2-5-23(6-4-16)11-17(24)21-10-13-7-14(19)9-15(20)8-13;/h7-9,16H,2-6,10-12H2,1H3,(H,21,24)(H,25,26);1H. The third kappa shape index (κ3) is 8.19. The van der Waals surface area contributed by atoms with E-state index >= 15 is 0 Å². The Labute approximate surface area is 163 Å². The first-order valence-corrected chi connectivity index (χ1v) is 8.69. The molecule has 0 bridgehead atoms. The Morgan fingerprint density at radius 2 is 1.89 bits per heavy atom. The average Bonchev–Trinajstić information content (AvgIpc) is 2.77. The van der Waals surface area contributed by atoms with Crippen molar-refractivity contribution in [3.05, 3.63) is 35.4 Å². The molecule has 0 aliphatic carbocycles. The van der Waals surface area contributed by atoms with Gasteiger partial charge in [0, 0.05) is 25.2 Å². The molecule has 1 aliphatic rings. The van der Waals surface area contributed by atoms with Crippen molar-refractivity contribution in [2.45, 2.75) is 31.8 Å². The van der Waals surface area contributed by atoms with Crippen LogP contribution in [0.5, 0.6) is 0 Å². The van der Waals surface area contributed by atoms with Gasteiger partial charge in [-0.15, -0.1) is 12.4 Å². The molecule has 1 amide bonds. The fourth-order valence-corrected chi connectivity index (χ4v) is 3.25. The number of carbonyl (C=O) groups is 2. The fourth-order valence-electron chi connectivity index (χ4n) is 3.25. The van der Waals surface area contributed by atoms with Crippen LogP contribution in [0.25, 0.3) is 0 Å². The van der Waals surface area contributed by atoms with Gasteiger partial charge in [0.25, 0.3) is 0 Å². The van der Waals surface area contributed by atoms with Crippen LogP contribution in [-0.4, -0.2) is 66.1 Å². The Morgan fingerprint density at radius 1 is 1.22 bits per heavy atom. The lowest BCUT2D eigenvalue weighted by Crippen LogP contribution is -2.39. The van der Waals surface area contributed by atoms with Crippen molar-refractivity contribution in [3.63, 3.8) is 0 Å². The first kappa shape index (κ1) is 23.3. The smallest absolute Gasteiger partial charge is 0.317 e. The molecule has 0 radical (unpaired) electrons. The van der Waals surface area contributed by atoms with Gasteiger partial charge < -0.3 is 10.4 Å². The Morgan fingerprint density at radius 3 is 2.52 bits per heavy atom. The monoisotopic (exact) mass is 405 g/mol. The highest BCUT2D eigenvalue weighted by molar-refractivity contribution is 5.85. The van der Waals surface area contributed by atoms with Crippen molar-refractivity contribution in [3.8, 4) is 0 Å². The number of carbonyl (C=O) groups excluding carboxylic acids is 1. The summed E-state index contributed by atoms with van der Waals surface area (Å²) in [7, 11) is 1.80. The van der Waals surface area contributed by atoms with Crippen LogP contribution in [0, 0.1) is 11.6 Å². The topological polar surface area (TPSA) is 72.9 Å². The molecule has 0 aromatic heterocycles. The van der Waals surface area contributed by atoms with Gasteiger partial charge in [-0.1, -0.05) is 0 Å². The van der Waals surface area contributed by atoms with Crippen LogP contribution in [0.2, 0.25) is 0 Å². The Kier molecular flexibility index (Phi) is 9.62. The van der Waals surface area contributed by atoms with Gasteiger partial charge in [-0.25, -0.2) is 8.78 Å². The van der Waals surface area contributed by atoms with E-state index in [1.165, 1.54) is 12.1 Å². The molecule has 6 nitrogen and oxygen atoms in total. The van der Waals surface area contributed by atoms with Gasteiger partial charge in [0.2, 0.25) is 5.91 Å². The van der Waals surface area contributed by atoms with Gasteiger partial charge in [-0.05, 0) is 50.6 Å². The minimum absolute atomic E-state index is 0. The highest BCUT2D eigenvalue weighted by Gasteiger charge is 2.22. The normalized spacial score (nSPS) is 17.9. The molecular formula is C18H26ClF2N3O3. The summed E-state index contributed by atoms with van der Waals surface area (Å²) < 4.78 is 26.3. The van der Waals surface area contributed by atoms with Crippen LogP contribution in [0.1, 0.15) is 24.8 Å². The van der Waals surface area contributed by atoms with Gasteiger partial charge in [-0.2, -0.15) is 0 Å². The summed E-state index contributed by atoms with van der Waals surface area (Å²) in [6.45, 7) is 1.77. The maximum atomic E-state index is 13.1. The molecule has 2 rings (SSSR count). The van der Waals surface area contributed by atoms with Crippen molar-refractivity contribution < 1.29 is 23.5 Å². The number of hydrogen-bond acceptors (Lipinski definition) is 4. The van der Waals surface area contributed by atoms with E-state index in [4.69, 9.17) is 5.11 Å². The van der Waals surface area contributed by atoms with Gasteiger partial charge in [-0.3, -0.25) is 19.4 Å². The predicted octanol–water partition coefficient (Wildman–Crippen LogP) is 1.87. The molecule has 1 atom stereocenters. The van der Waals surface area contributed by atoms with E-state index in [1.54, 1.807) is 7.05 Å². The Balaban J connectivity index is 0.00000364. The Hall–Kier alpha value is -1.77. The molecule has 1 aromatic rings. The summed E-state index contributed by atoms with van der Waals surface area (Å²) in [4.78, 5) is 26.8. The zero-order valence-corrected chi connectivity index (χ0v) is 16.1. The molecule has 2 N–H and O–H groups in total. The SMILES string of the molecule is CN(CC(=O)O)C1CCCN(CC(=O)NCc2cc(F)cc(F)c2)CC1.Cl. The largest absolute Gasteiger partial charge is 0.480 e. The van der Waals surface area contributed by atoms with Crippen LogP contribution < -0.4 is 5.32 Å². The molecule has 0 saturated carbocycles. The van der Waals surface area contributed by atoms with E-state index in [0.717, 1.165) is 31.9 Å². The van der Waals surface area contributed by atoms with E-state index < -0.39 is 17.6 Å². The number of nitrogens with one attached hydrogen (secondary N) is 1. The number of nitrogens with zero attached hydrogens (tertiary/aromatic N) is 2. The number of benzene rings is 1. The summed E-state index contributed by atoms with van der Waals surface area (Å²) in [5, 5.41) is 11.6. The highest BCUT2D eigenvalue weighted by atomic mass is 35.5. The first-order valence-electron chi connectivity index (χ1n) is 8.69. The summed E-state index contributed by atoms with van der Waals surface area (Å²) >= 11 is 0. The number of hydrogen-bond donors (Lipinski definition) is 2. The molecule has 152 valence electrons. The zero-order chi connectivity index (χ0) is 19.1. The van der Waals surface area contributed by atoms with Crippen LogP contribution in [0.15, 0.2) is 18.2 Å². The second-order valence-electron chi connectivity index (χ2n) is 6.72. The molecule has 1 aromatic carbocycles. The van der Waals surface area contributed by atoms with Crippen LogP contribution in [-0.2, 0) is 16.1 Å². The van der Waals surface area contributed by atoms with Crippen molar-refractivity contribution >= 4 is 24.3 Å². The minimum Gasteiger partial charge on any atom is -0.480 e. The molecular weight excluding hydrogens is 380 g/mol. The third-order valence-electron chi connectivity index (χ3n) is 4.58. The van der Waals surface area contributed by atoms with Gasteiger partial charge in [0.1, 0.15) is 11.6 Å². The summed E-state index contributed by atoms with van der Waals surface area (Å²) in [6.07, 6.45) is 2.58. The lowest BCUT2D eigenvalue weighted by molar-refractivity contribution is -0.138. The van der Waals surface area contributed by atoms with E-state index in [2.05, 4.69) is 5.32 Å². The minimum atomic E-state index is -0.846. The lowest BCUT2D eigenvalue weighted by Gasteiger charge is -2.25. The van der Waals surface area contributed by atoms with Crippen LogP contribution in [0.4, 0.5) is 8.78 Å². The van der Waals surface area contributed by atoms with Gasteiger partial charge in [0.15, 0.2) is 0 Å². The van der Waals surface area contributed by atoms with Crippen LogP contribution in [0.3, 0.4) is 0 Å². The maximum absolute atomic E-state index is 13.1. The van der Waals surface area contributed by atoms with Gasteiger partial charge >= 0.3 is 5.97 Å². The molecule has 1 fully saturated rings. The fraction of sp³-hybridized carbons (Fsp3) is 0.556. The number of likely N-dealkylation sites (tertiary alicyclic amines) is 1. The summed E-state index contributed by atoms with van der Waals surface area (Å²) in [5.74, 6) is -2.38. The number of aliphatic carboxylic acids is 1. The first-order chi connectivity index (χ1) is 12.3. The average molecular weight is 406 g/mol. The molecule has 9 heteroatoms. The van der Waals surface area contributed by atoms with Crippen molar-refractivity contribution in [2.24, 2.45) is 0 Å². The van der Waals surface area contributed by atoms with Crippen molar-refractivity contribution in [2.75, 3.05) is 33.2 Å². The summed E-state index contributed by atoms with van der Waals surface area (Å²) in [6, 6.07) is 3.37. The quantitative estimate of drug-likeness (QED) is 0.724. The summed E-state index contributed by atoms with van der Waals surface area (Å²) in [5.41, 5.74) is 0.377. The second kappa shape index (κ2) is 11.2. The number of carboxylic acid groups (broad SMARTS) is 1. The van der Waals surface area contributed by atoms with Crippen molar-refractivity contribution in [1.82, 2.24) is 15.1 Å². The van der Waals surface area contributed by atoms with Crippen molar-refractivity contribution in [1.29, 1.82) is 0 Å². The van der Waals surface area contributed by atoms with E-state index in [-0.39, 0.29) is 44.0 Å². The van der Waals surface area contributed by atoms with E-state index in [0.29, 0.717) is 12.1 Å². The number of carboxylic acids is 1. The predicted molar refractivity (Wildman–Crippen MR) is 99.8 cm³/mol. The molecule has 1 aliphatic heterocycles. The third-order valence-corrected chi connectivity index (χ3v) is 4.58. The zero-order valence-electron chi connectivity index (χ0n) is 15.3. The van der Waals surface area contributed by atoms with E-state index in [9.17, 15) is 18.4 Å². The molecule has 27 heavy (non-hydrogen) atoms. The number of likely N-dealkylation sites (N-methyl/N-ethyl adjacent to an activating group) is 1. The Bertz CT molecular complexity index is 628. The number of halogens is 3. The number of rotatable bonds is 7. The van der Waals surface area contributed by atoms with Gasteiger partial charge in [0.05, 0.1) is 13.1 Å². The lowest BCUT2D eigenvalue weighted by atomic mass is 10.1. The van der Waals surface area contributed by atoms with E-state index in [1.807, 2.05) is 9.80 Å². The molecule has 1 unspecified atom stereocenters.